The van der Waals surface area contributed by atoms with E-state index >= 15 is 0 Å². The third kappa shape index (κ3) is 4.26. The molecule has 0 unspecified atom stereocenters. The molecule has 0 aliphatic heterocycles. The molecule has 0 spiro atoms. The fourth-order valence-electron chi connectivity index (χ4n) is 1.61. The minimum absolute atomic E-state index is 0.0144. The van der Waals surface area contributed by atoms with Crippen LogP contribution in [0, 0.1) is 0 Å². The maximum Gasteiger partial charge on any atom is 0.291 e. The van der Waals surface area contributed by atoms with Gasteiger partial charge in [0, 0.05) is 22.4 Å². The van der Waals surface area contributed by atoms with Gasteiger partial charge in [-0.05, 0) is 44.8 Å². The lowest BCUT2D eigenvalue weighted by atomic mass is 10.2. The largest absolute Gasteiger partial charge is 0.503 e. The highest BCUT2D eigenvalue weighted by molar-refractivity contribution is 9.13. The fraction of sp³-hybridized carbons (Fsp3) is 0.143. The fourth-order valence-corrected chi connectivity index (χ4v) is 2.43. The molecule has 120 valence electrons. The van der Waals surface area contributed by atoms with Crippen LogP contribution < -0.4 is 10.2 Å². The van der Waals surface area contributed by atoms with Crippen LogP contribution in [0.3, 0.4) is 0 Å². The second-order valence-electron chi connectivity index (χ2n) is 4.16. The van der Waals surface area contributed by atoms with Crippen molar-refractivity contribution in [2.24, 2.45) is 5.10 Å². The highest BCUT2D eigenvalue weighted by Crippen LogP contribution is 2.41. The van der Waals surface area contributed by atoms with Crippen molar-refractivity contribution in [3.63, 3.8) is 0 Å². The molecule has 23 heavy (non-hydrogen) atoms. The minimum atomic E-state index is -0.478. The number of hydrogen-bond donors (Lipinski definition) is 2. The second-order valence-corrected chi connectivity index (χ2v) is 5.75. The Morgan fingerprint density at radius 1 is 1.43 bits per heavy atom. The van der Waals surface area contributed by atoms with Gasteiger partial charge in [-0.3, -0.25) is 9.78 Å². The number of nitrogens with zero attached hydrogens (tertiary/aromatic N) is 3. The van der Waals surface area contributed by atoms with Gasteiger partial charge in [0.05, 0.1) is 23.5 Å². The molecule has 1 aromatic carbocycles. The van der Waals surface area contributed by atoms with Crippen molar-refractivity contribution in [3.05, 3.63) is 44.9 Å². The summed E-state index contributed by atoms with van der Waals surface area (Å²) in [6.07, 6.45) is 5.65. The van der Waals surface area contributed by atoms with Crippen molar-refractivity contribution in [1.82, 2.24) is 15.4 Å². The zero-order valence-electron chi connectivity index (χ0n) is 12.0. The summed E-state index contributed by atoms with van der Waals surface area (Å²) in [6.45, 7) is 2.21. The molecule has 1 heterocycles. The smallest absolute Gasteiger partial charge is 0.291 e. The summed E-state index contributed by atoms with van der Waals surface area (Å²) in [7, 11) is 0. The average Bonchev–Trinajstić information content (AvgIpc) is 2.57. The highest BCUT2D eigenvalue weighted by Gasteiger charge is 2.14. The monoisotopic (exact) mass is 442 g/mol. The van der Waals surface area contributed by atoms with E-state index in [0.29, 0.717) is 26.9 Å². The number of amides is 1. The molecule has 1 amide bonds. The molecule has 0 fully saturated rings. The second kappa shape index (κ2) is 8.02. The van der Waals surface area contributed by atoms with Gasteiger partial charge in [0.2, 0.25) is 0 Å². The van der Waals surface area contributed by atoms with Crippen LogP contribution in [-0.4, -0.2) is 33.8 Å². The molecule has 9 heteroatoms. The number of phenolic OH excluding ortho intramolecular Hbond substituents is 1. The van der Waals surface area contributed by atoms with E-state index < -0.39 is 5.91 Å². The number of carbonyl (C=O) groups excluding carboxylic acids is 1. The number of carbonyl (C=O) groups is 1. The number of benzene rings is 1. The van der Waals surface area contributed by atoms with E-state index in [-0.39, 0.29) is 11.4 Å². The van der Waals surface area contributed by atoms with Crippen LogP contribution in [0.5, 0.6) is 11.5 Å². The molecule has 7 nitrogen and oxygen atoms in total. The molecule has 2 aromatic rings. The van der Waals surface area contributed by atoms with E-state index in [1.807, 2.05) is 6.92 Å². The van der Waals surface area contributed by atoms with Crippen molar-refractivity contribution in [3.8, 4) is 11.5 Å². The van der Waals surface area contributed by atoms with Gasteiger partial charge in [0.25, 0.3) is 5.91 Å². The molecule has 2 rings (SSSR count). The first-order chi connectivity index (χ1) is 11.0. The number of halogens is 2. The SMILES string of the molecule is CCOc1cc(/C=N\NC(=O)c2cnccn2)c(Br)c(Br)c1O. The normalized spacial score (nSPS) is 10.7. The molecule has 0 aliphatic carbocycles. The van der Waals surface area contributed by atoms with Gasteiger partial charge in [-0.2, -0.15) is 5.10 Å². The predicted octanol–water partition coefficient (Wildman–Crippen LogP) is 2.87. The average molecular weight is 444 g/mol. The van der Waals surface area contributed by atoms with Crippen LogP contribution in [-0.2, 0) is 0 Å². The van der Waals surface area contributed by atoms with Gasteiger partial charge in [-0.25, -0.2) is 10.4 Å². The number of aromatic hydroxyl groups is 1. The van der Waals surface area contributed by atoms with Crippen molar-refractivity contribution in [2.45, 2.75) is 6.92 Å². The summed E-state index contributed by atoms with van der Waals surface area (Å²) >= 11 is 6.60. The van der Waals surface area contributed by atoms with Crippen LogP contribution in [0.25, 0.3) is 0 Å². The number of ether oxygens (including phenoxy) is 1. The van der Waals surface area contributed by atoms with E-state index in [2.05, 4.69) is 52.4 Å². The van der Waals surface area contributed by atoms with Crippen LogP contribution in [0.2, 0.25) is 0 Å². The molecular weight excluding hydrogens is 432 g/mol. The minimum Gasteiger partial charge on any atom is -0.503 e. The highest BCUT2D eigenvalue weighted by atomic mass is 79.9. The van der Waals surface area contributed by atoms with Crippen molar-refractivity contribution in [1.29, 1.82) is 0 Å². The summed E-state index contributed by atoms with van der Waals surface area (Å²) in [5.41, 5.74) is 3.12. The topological polar surface area (TPSA) is 96.7 Å². The molecule has 0 bridgehead atoms. The number of hydrogen-bond acceptors (Lipinski definition) is 6. The third-order valence-electron chi connectivity index (χ3n) is 2.64. The lowest BCUT2D eigenvalue weighted by molar-refractivity contribution is 0.0949. The van der Waals surface area contributed by atoms with Crippen molar-refractivity contribution < 1.29 is 14.6 Å². The Balaban J connectivity index is 2.18. The van der Waals surface area contributed by atoms with E-state index in [9.17, 15) is 9.90 Å². The quantitative estimate of drug-likeness (QED) is 0.547. The Hall–Kier alpha value is -2.00. The number of hydrazone groups is 1. The summed E-state index contributed by atoms with van der Waals surface area (Å²) in [6, 6.07) is 1.60. The Kier molecular flexibility index (Phi) is 6.05. The van der Waals surface area contributed by atoms with Crippen LogP contribution in [0.1, 0.15) is 23.0 Å². The molecule has 2 N–H and O–H groups in total. The van der Waals surface area contributed by atoms with E-state index in [1.54, 1.807) is 6.07 Å². The summed E-state index contributed by atoms with van der Waals surface area (Å²) < 4.78 is 6.36. The van der Waals surface area contributed by atoms with Gasteiger partial charge in [-0.15, -0.1) is 0 Å². The number of aromatic nitrogens is 2. The Bertz CT molecular complexity index is 739. The number of phenols is 1. The van der Waals surface area contributed by atoms with Crippen molar-refractivity contribution >= 4 is 44.0 Å². The lowest BCUT2D eigenvalue weighted by Crippen LogP contribution is -2.19. The molecule has 1 aromatic heterocycles. The number of nitrogens with one attached hydrogen (secondary N) is 1. The summed E-state index contributed by atoms with van der Waals surface area (Å²) in [5.74, 6) is -0.183. The first kappa shape index (κ1) is 17.4. The maximum atomic E-state index is 11.8. The maximum absolute atomic E-state index is 11.8. The molecule has 0 saturated carbocycles. The first-order valence-corrected chi connectivity index (χ1v) is 8.06. The van der Waals surface area contributed by atoms with Crippen LogP contribution >= 0.6 is 31.9 Å². The molecule has 0 radical (unpaired) electrons. The Morgan fingerprint density at radius 3 is 2.87 bits per heavy atom. The Labute approximate surface area is 149 Å². The first-order valence-electron chi connectivity index (χ1n) is 6.47. The van der Waals surface area contributed by atoms with E-state index in [4.69, 9.17) is 4.74 Å². The number of rotatable bonds is 5. The third-order valence-corrected chi connectivity index (χ3v) is 4.80. The van der Waals surface area contributed by atoms with Crippen molar-refractivity contribution in [2.75, 3.05) is 6.61 Å². The summed E-state index contributed by atoms with van der Waals surface area (Å²) in [4.78, 5) is 19.5. The molecule has 0 aliphatic rings. The van der Waals surface area contributed by atoms with Crippen LogP contribution in [0.4, 0.5) is 0 Å². The van der Waals surface area contributed by atoms with Gasteiger partial charge < -0.3 is 9.84 Å². The standard InChI is InChI=1S/C14H12Br2N4O3/c1-2-23-10-5-8(11(15)12(16)13(10)21)6-19-20-14(22)9-7-17-3-4-18-9/h3-7,21H,2H2,1H3,(H,20,22)/b19-6-. The Morgan fingerprint density at radius 2 is 2.22 bits per heavy atom. The van der Waals surface area contributed by atoms with Gasteiger partial charge in [-0.1, -0.05) is 0 Å². The van der Waals surface area contributed by atoms with Gasteiger partial charge >= 0.3 is 0 Å². The lowest BCUT2D eigenvalue weighted by Gasteiger charge is -2.10. The molecule has 0 atom stereocenters. The molecule has 0 saturated heterocycles. The van der Waals surface area contributed by atoms with E-state index in [0.717, 1.165) is 0 Å². The zero-order valence-corrected chi connectivity index (χ0v) is 15.1. The molecular formula is C14H12Br2N4O3. The predicted molar refractivity (Wildman–Crippen MR) is 91.8 cm³/mol. The zero-order chi connectivity index (χ0) is 16.8. The van der Waals surface area contributed by atoms with Gasteiger partial charge in [0.1, 0.15) is 5.69 Å². The van der Waals surface area contributed by atoms with Crippen LogP contribution in [0.15, 0.2) is 38.7 Å². The summed E-state index contributed by atoms with van der Waals surface area (Å²) in [5, 5.41) is 13.8. The van der Waals surface area contributed by atoms with E-state index in [1.165, 1.54) is 24.8 Å². The van der Waals surface area contributed by atoms with Gasteiger partial charge in [0.15, 0.2) is 11.5 Å².